The summed E-state index contributed by atoms with van der Waals surface area (Å²) < 4.78 is 12.8. The van der Waals surface area contributed by atoms with Gasteiger partial charge in [0.05, 0.1) is 0 Å². The van der Waals surface area contributed by atoms with Gasteiger partial charge in [0.25, 0.3) is 0 Å². The topological polar surface area (TPSA) is 0 Å². The molecule has 0 spiro atoms. The van der Waals surface area contributed by atoms with Gasteiger partial charge in [0.15, 0.2) is 0 Å². The Morgan fingerprint density at radius 2 is 2.20 bits per heavy atom. The fourth-order valence-corrected chi connectivity index (χ4v) is 1.22. The zero-order valence-corrected chi connectivity index (χ0v) is 5.47. The monoisotopic (exact) mass is 134 g/mol. The maximum atomic E-state index is 12.8. The highest BCUT2D eigenvalue weighted by molar-refractivity contribution is 5.58. The number of hydrogen-bond acceptors (Lipinski definition) is 0. The Kier molecular flexibility index (Phi) is 1.10. The smallest absolute Gasteiger partial charge is 0.130 e. The minimum atomic E-state index is -0.0978. The molecule has 0 N–H and O–H groups in total. The third-order valence-corrected chi connectivity index (χ3v) is 1.73. The van der Waals surface area contributed by atoms with E-state index in [4.69, 9.17) is 0 Å². The van der Waals surface area contributed by atoms with Gasteiger partial charge in [-0.1, -0.05) is 24.3 Å². The summed E-state index contributed by atoms with van der Waals surface area (Å²) in [6.07, 6.45) is 10.1. The number of allylic oxidation sites excluding steroid dienone is 8. The average Bonchev–Trinajstić information content (AvgIpc) is 2.34. The molecule has 2 aliphatic carbocycles. The lowest BCUT2D eigenvalue weighted by Crippen LogP contribution is -1.86. The molecule has 1 heteroatoms. The van der Waals surface area contributed by atoms with Crippen LogP contribution < -0.4 is 0 Å². The zero-order chi connectivity index (χ0) is 6.97. The van der Waals surface area contributed by atoms with Crippen LogP contribution in [0.4, 0.5) is 4.39 Å². The third-order valence-electron chi connectivity index (χ3n) is 1.73. The van der Waals surface area contributed by atoms with Crippen LogP contribution in [0.15, 0.2) is 47.4 Å². The van der Waals surface area contributed by atoms with E-state index in [0.717, 1.165) is 17.6 Å². The molecular weight excluding hydrogens is 127 g/mol. The van der Waals surface area contributed by atoms with Crippen LogP contribution in [-0.2, 0) is 0 Å². The van der Waals surface area contributed by atoms with Crippen molar-refractivity contribution in [2.75, 3.05) is 0 Å². The predicted molar refractivity (Wildman–Crippen MR) is 39.1 cm³/mol. The van der Waals surface area contributed by atoms with E-state index in [1.807, 2.05) is 18.2 Å². The highest BCUT2D eigenvalue weighted by atomic mass is 19.1. The first-order valence-corrected chi connectivity index (χ1v) is 3.33. The van der Waals surface area contributed by atoms with Crippen LogP contribution in [0.5, 0.6) is 0 Å². The quantitative estimate of drug-likeness (QED) is 0.477. The van der Waals surface area contributed by atoms with Crippen LogP contribution >= 0.6 is 0 Å². The van der Waals surface area contributed by atoms with E-state index in [2.05, 4.69) is 0 Å². The van der Waals surface area contributed by atoms with Crippen LogP contribution in [0.25, 0.3) is 0 Å². The fraction of sp³-hybridized carbons (Fsp3) is 0.111. The van der Waals surface area contributed by atoms with E-state index in [1.165, 1.54) is 6.08 Å². The van der Waals surface area contributed by atoms with Crippen molar-refractivity contribution >= 4 is 0 Å². The molecule has 10 heavy (non-hydrogen) atoms. The molecule has 0 heterocycles. The molecule has 0 unspecified atom stereocenters. The minimum absolute atomic E-state index is 0.0978. The van der Waals surface area contributed by atoms with Crippen LogP contribution in [0.3, 0.4) is 0 Å². The van der Waals surface area contributed by atoms with E-state index in [-0.39, 0.29) is 5.83 Å². The van der Waals surface area contributed by atoms with Crippen molar-refractivity contribution in [1.29, 1.82) is 0 Å². The molecule has 2 aliphatic rings. The van der Waals surface area contributed by atoms with Crippen molar-refractivity contribution in [3.8, 4) is 0 Å². The van der Waals surface area contributed by atoms with Gasteiger partial charge in [-0.15, -0.1) is 0 Å². The summed E-state index contributed by atoms with van der Waals surface area (Å²) in [5.41, 5.74) is 1.77. The molecule has 0 nitrogen and oxygen atoms in total. The van der Waals surface area contributed by atoms with Crippen molar-refractivity contribution in [3.05, 3.63) is 47.4 Å². The maximum absolute atomic E-state index is 12.8. The summed E-state index contributed by atoms with van der Waals surface area (Å²) in [6.45, 7) is 0. The molecule has 0 fully saturated rings. The third kappa shape index (κ3) is 0.670. The summed E-state index contributed by atoms with van der Waals surface area (Å²) in [5.74, 6) is -0.0978. The Labute approximate surface area is 59.1 Å². The second kappa shape index (κ2) is 1.94. The number of hydrogen-bond donors (Lipinski definition) is 0. The molecule has 0 aliphatic heterocycles. The molecule has 0 amide bonds. The molecule has 0 saturated heterocycles. The second-order valence-corrected chi connectivity index (χ2v) is 2.39. The minimum Gasteiger partial charge on any atom is -0.206 e. The molecule has 2 rings (SSSR count). The van der Waals surface area contributed by atoms with Gasteiger partial charge in [-0.05, 0) is 18.1 Å². The average molecular weight is 134 g/mol. The SMILES string of the molecule is FC1=CC=C2C=CCC=C12. The molecule has 0 saturated carbocycles. The lowest BCUT2D eigenvalue weighted by atomic mass is 10.0. The van der Waals surface area contributed by atoms with Crippen molar-refractivity contribution in [2.45, 2.75) is 6.42 Å². The van der Waals surface area contributed by atoms with Crippen LogP contribution in [-0.4, -0.2) is 0 Å². The molecule has 50 valence electrons. The first-order valence-electron chi connectivity index (χ1n) is 3.33. The van der Waals surface area contributed by atoms with Crippen LogP contribution in [0.2, 0.25) is 0 Å². The molecule has 0 atom stereocenters. The van der Waals surface area contributed by atoms with Gasteiger partial charge in [-0.2, -0.15) is 0 Å². The van der Waals surface area contributed by atoms with Gasteiger partial charge in [-0.25, -0.2) is 4.39 Å². The van der Waals surface area contributed by atoms with E-state index in [1.54, 1.807) is 6.08 Å². The molecule has 0 aromatic rings. The van der Waals surface area contributed by atoms with Crippen LogP contribution in [0, 0.1) is 0 Å². The summed E-state index contributed by atoms with van der Waals surface area (Å²) in [4.78, 5) is 0. The maximum Gasteiger partial charge on any atom is 0.130 e. The van der Waals surface area contributed by atoms with Crippen molar-refractivity contribution in [1.82, 2.24) is 0 Å². The first kappa shape index (κ1) is 5.66. The Morgan fingerprint density at radius 3 is 3.00 bits per heavy atom. The highest BCUT2D eigenvalue weighted by Crippen LogP contribution is 2.30. The Balaban J connectivity index is 2.45. The van der Waals surface area contributed by atoms with Gasteiger partial charge in [0.2, 0.25) is 0 Å². The number of fused-ring (bicyclic) bond motifs is 1. The Hall–Kier alpha value is -1.11. The zero-order valence-electron chi connectivity index (χ0n) is 5.47. The lowest BCUT2D eigenvalue weighted by Gasteiger charge is -2.03. The van der Waals surface area contributed by atoms with Crippen LogP contribution in [0.1, 0.15) is 6.42 Å². The molecule has 0 aromatic heterocycles. The fourth-order valence-electron chi connectivity index (χ4n) is 1.22. The Morgan fingerprint density at radius 1 is 1.30 bits per heavy atom. The standard InChI is InChI=1S/C9H7F/c10-9-6-5-7-3-1-2-4-8(7)9/h1,3-6H,2H2. The number of rotatable bonds is 0. The van der Waals surface area contributed by atoms with E-state index in [9.17, 15) is 4.39 Å². The number of halogens is 1. The van der Waals surface area contributed by atoms with Gasteiger partial charge < -0.3 is 0 Å². The molecular formula is C9H7F. The largest absolute Gasteiger partial charge is 0.206 e. The predicted octanol–water partition coefficient (Wildman–Crippen LogP) is 2.67. The summed E-state index contributed by atoms with van der Waals surface area (Å²) in [5, 5.41) is 0. The van der Waals surface area contributed by atoms with E-state index in [0.29, 0.717) is 0 Å². The lowest BCUT2D eigenvalue weighted by molar-refractivity contribution is 0.658. The Bertz CT molecular complexity index is 277. The van der Waals surface area contributed by atoms with E-state index >= 15 is 0 Å². The van der Waals surface area contributed by atoms with Gasteiger partial charge in [0.1, 0.15) is 5.83 Å². The van der Waals surface area contributed by atoms with Crippen molar-refractivity contribution < 1.29 is 4.39 Å². The molecule has 0 aromatic carbocycles. The highest BCUT2D eigenvalue weighted by Gasteiger charge is 2.13. The second-order valence-electron chi connectivity index (χ2n) is 2.39. The molecule has 0 radical (unpaired) electrons. The van der Waals surface area contributed by atoms with Crippen molar-refractivity contribution in [3.63, 3.8) is 0 Å². The van der Waals surface area contributed by atoms with E-state index < -0.39 is 0 Å². The summed E-state index contributed by atoms with van der Waals surface area (Å²) in [7, 11) is 0. The van der Waals surface area contributed by atoms with Gasteiger partial charge in [0, 0.05) is 5.57 Å². The van der Waals surface area contributed by atoms with Gasteiger partial charge in [-0.3, -0.25) is 0 Å². The summed E-state index contributed by atoms with van der Waals surface area (Å²) >= 11 is 0. The first-order chi connectivity index (χ1) is 4.88. The normalized spacial score (nSPS) is 21.5. The van der Waals surface area contributed by atoms with Crippen molar-refractivity contribution in [2.24, 2.45) is 0 Å². The summed E-state index contributed by atoms with van der Waals surface area (Å²) in [6, 6.07) is 0. The molecule has 0 bridgehead atoms. The van der Waals surface area contributed by atoms with Gasteiger partial charge >= 0.3 is 0 Å².